The fraction of sp³-hybridized carbons (Fsp3) is 0.350. The highest BCUT2D eigenvalue weighted by molar-refractivity contribution is 6.31. The Hall–Kier alpha value is -2.85. The van der Waals surface area contributed by atoms with E-state index in [0.717, 1.165) is 10.6 Å². The number of halogens is 4. The normalized spacial score (nSPS) is 13.0. The minimum Gasteiger partial charge on any atom is -0.462 e. The zero-order chi connectivity index (χ0) is 22.9. The summed E-state index contributed by atoms with van der Waals surface area (Å²) >= 11 is 5.83. The van der Waals surface area contributed by atoms with Crippen LogP contribution in [-0.4, -0.2) is 39.1 Å². The lowest BCUT2D eigenvalue weighted by Crippen LogP contribution is -2.25. The van der Waals surface area contributed by atoms with Crippen LogP contribution in [0.2, 0.25) is 5.02 Å². The molecule has 7 nitrogen and oxygen atoms in total. The molecule has 31 heavy (non-hydrogen) atoms. The van der Waals surface area contributed by atoms with E-state index in [0.29, 0.717) is 11.3 Å². The summed E-state index contributed by atoms with van der Waals surface area (Å²) in [5.41, 5.74) is -0.0682. The van der Waals surface area contributed by atoms with Gasteiger partial charge in [-0.2, -0.15) is 13.2 Å². The first-order chi connectivity index (χ1) is 14.5. The molecule has 0 aliphatic rings. The van der Waals surface area contributed by atoms with Gasteiger partial charge in [-0.3, -0.25) is 14.8 Å². The van der Waals surface area contributed by atoms with E-state index in [9.17, 15) is 22.8 Å². The molecule has 1 atom stereocenters. The zero-order valence-corrected chi connectivity index (χ0v) is 17.7. The van der Waals surface area contributed by atoms with Crippen LogP contribution in [0.1, 0.15) is 47.1 Å². The number of carbonyl (C=O) groups excluding carboxylic acids is 1. The predicted octanol–water partition coefficient (Wildman–Crippen LogP) is 4.06. The molecule has 0 aliphatic carbocycles. The smallest absolute Gasteiger partial charge is 0.417 e. The number of nitrogens with one attached hydrogen (secondary N) is 1. The van der Waals surface area contributed by atoms with E-state index in [1.165, 1.54) is 24.4 Å². The molecule has 0 spiro atoms. The maximum atomic E-state index is 12.9. The van der Waals surface area contributed by atoms with Gasteiger partial charge in [0.2, 0.25) is 0 Å². The minimum atomic E-state index is -4.53. The number of ether oxygens (including phenoxy) is 1. The Morgan fingerprint density at radius 1 is 1.35 bits per heavy atom. The SMILES string of the molecule is CCOC(=O)c1c[nH]n2c(=O)cc(CN(C)C(C)c3ccc(C(F)(F)F)c(Cl)c3)nc12. The summed E-state index contributed by atoms with van der Waals surface area (Å²) in [6.45, 7) is 3.85. The molecule has 0 saturated carbocycles. The first-order valence-electron chi connectivity index (χ1n) is 9.37. The monoisotopic (exact) mass is 456 g/mol. The molecule has 1 N–H and O–H groups in total. The summed E-state index contributed by atoms with van der Waals surface area (Å²) in [7, 11) is 1.74. The van der Waals surface area contributed by atoms with Crippen LogP contribution in [0.5, 0.6) is 0 Å². The number of hydrogen-bond donors (Lipinski definition) is 1. The largest absolute Gasteiger partial charge is 0.462 e. The molecule has 0 aliphatic heterocycles. The van der Waals surface area contributed by atoms with Crippen molar-refractivity contribution in [2.45, 2.75) is 32.6 Å². The van der Waals surface area contributed by atoms with Crippen LogP contribution in [0.3, 0.4) is 0 Å². The number of carbonyl (C=O) groups is 1. The van der Waals surface area contributed by atoms with Gasteiger partial charge in [0.25, 0.3) is 5.56 Å². The minimum absolute atomic E-state index is 0.131. The number of alkyl halides is 3. The topological polar surface area (TPSA) is 79.7 Å². The summed E-state index contributed by atoms with van der Waals surface area (Å²) in [6, 6.07) is 4.59. The Balaban J connectivity index is 1.86. The van der Waals surface area contributed by atoms with Gasteiger partial charge in [0.15, 0.2) is 5.65 Å². The Morgan fingerprint density at radius 3 is 2.68 bits per heavy atom. The second-order valence-electron chi connectivity index (χ2n) is 6.98. The van der Waals surface area contributed by atoms with Gasteiger partial charge in [-0.1, -0.05) is 17.7 Å². The second kappa shape index (κ2) is 8.72. The van der Waals surface area contributed by atoms with Crippen LogP contribution in [-0.2, 0) is 17.5 Å². The Labute approximate surface area is 180 Å². The van der Waals surface area contributed by atoms with E-state index < -0.39 is 23.3 Å². The van der Waals surface area contributed by atoms with Crippen molar-refractivity contribution >= 4 is 23.2 Å². The van der Waals surface area contributed by atoms with Crippen molar-refractivity contribution in [2.24, 2.45) is 0 Å². The number of H-pyrrole nitrogens is 1. The Kier molecular flexibility index (Phi) is 6.42. The highest BCUT2D eigenvalue weighted by atomic mass is 35.5. The molecule has 11 heteroatoms. The Morgan fingerprint density at radius 2 is 2.06 bits per heavy atom. The van der Waals surface area contributed by atoms with Crippen LogP contribution < -0.4 is 5.56 Å². The van der Waals surface area contributed by atoms with Gasteiger partial charge in [-0.05, 0) is 38.6 Å². The van der Waals surface area contributed by atoms with Gasteiger partial charge in [-0.15, -0.1) is 0 Å². The highest BCUT2D eigenvalue weighted by Crippen LogP contribution is 2.36. The van der Waals surface area contributed by atoms with Crippen molar-refractivity contribution in [1.29, 1.82) is 0 Å². The van der Waals surface area contributed by atoms with Gasteiger partial charge in [0.05, 0.1) is 22.9 Å². The lowest BCUT2D eigenvalue weighted by Gasteiger charge is -2.25. The van der Waals surface area contributed by atoms with Crippen LogP contribution in [0, 0.1) is 0 Å². The molecule has 1 aromatic carbocycles. The van der Waals surface area contributed by atoms with Crippen molar-refractivity contribution in [2.75, 3.05) is 13.7 Å². The molecule has 1 unspecified atom stereocenters. The van der Waals surface area contributed by atoms with E-state index in [1.54, 1.807) is 25.8 Å². The molecule has 0 radical (unpaired) electrons. The molecule has 0 bridgehead atoms. The van der Waals surface area contributed by atoms with Crippen LogP contribution in [0.15, 0.2) is 35.3 Å². The van der Waals surface area contributed by atoms with Gasteiger partial charge >= 0.3 is 12.1 Å². The van der Waals surface area contributed by atoms with Crippen LogP contribution in [0.4, 0.5) is 13.2 Å². The molecular weight excluding hydrogens is 437 g/mol. The summed E-state index contributed by atoms with van der Waals surface area (Å²) in [5.74, 6) is -0.605. The number of esters is 1. The van der Waals surface area contributed by atoms with Gasteiger partial charge in [0, 0.05) is 24.8 Å². The number of benzene rings is 1. The van der Waals surface area contributed by atoms with Crippen LogP contribution >= 0.6 is 11.6 Å². The average molecular weight is 457 g/mol. The second-order valence-corrected chi connectivity index (χ2v) is 7.39. The molecule has 166 valence electrons. The van der Waals surface area contributed by atoms with E-state index in [1.807, 2.05) is 0 Å². The highest BCUT2D eigenvalue weighted by Gasteiger charge is 2.33. The number of rotatable bonds is 6. The third kappa shape index (κ3) is 4.75. The number of aromatic amines is 1. The maximum Gasteiger partial charge on any atom is 0.417 e. The van der Waals surface area contributed by atoms with E-state index in [4.69, 9.17) is 16.3 Å². The van der Waals surface area contributed by atoms with Gasteiger partial charge in [-0.25, -0.2) is 14.3 Å². The summed E-state index contributed by atoms with van der Waals surface area (Å²) in [4.78, 5) is 30.7. The third-order valence-corrected chi connectivity index (χ3v) is 5.21. The zero-order valence-electron chi connectivity index (χ0n) is 17.0. The van der Waals surface area contributed by atoms with E-state index in [2.05, 4.69) is 10.1 Å². The third-order valence-electron chi connectivity index (χ3n) is 4.90. The quantitative estimate of drug-likeness (QED) is 0.566. The van der Waals surface area contributed by atoms with E-state index >= 15 is 0 Å². The summed E-state index contributed by atoms with van der Waals surface area (Å²) in [5, 5.41) is 2.29. The molecule has 2 heterocycles. The summed E-state index contributed by atoms with van der Waals surface area (Å²) < 4.78 is 44.9. The van der Waals surface area contributed by atoms with Crippen molar-refractivity contribution in [3.63, 3.8) is 0 Å². The Bertz CT molecular complexity index is 1170. The fourth-order valence-electron chi connectivity index (χ4n) is 3.14. The summed E-state index contributed by atoms with van der Waals surface area (Å²) in [6.07, 6.45) is -3.18. The number of nitrogens with zero attached hydrogens (tertiary/aromatic N) is 3. The van der Waals surface area contributed by atoms with Gasteiger partial charge in [0.1, 0.15) is 5.56 Å². The fourth-order valence-corrected chi connectivity index (χ4v) is 3.43. The van der Waals surface area contributed by atoms with Crippen LogP contribution in [0.25, 0.3) is 5.65 Å². The molecule has 2 aromatic heterocycles. The van der Waals surface area contributed by atoms with Crippen molar-refractivity contribution in [1.82, 2.24) is 19.5 Å². The maximum absolute atomic E-state index is 12.9. The number of hydrogen-bond acceptors (Lipinski definition) is 5. The van der Waals surface area contributed by atoms with Gasteiger partial charge < -0.3 is 4.74 Å². The standard InChI is InChI=1S/C20H20ClF3N4O3/c1-4-31-19(30)14-9-25-28-17(29)8-13(26-18(14)28)10-27(3)11(2)12-5-6-15(16(21)7-12)20(22,23)24/h5-9,11,25H,4,10H2,1-3H3. The molecule has 0 fully saturated rings. The molecular formula is C20H20ClF3N4O3. The molecule has 3 aromatic rings. The first-order valence-corrected chi connectivity index (χ1v) is 9.74. The average Bonchev–Trinajstić information content (AvgIpc) is 3.11. The van der Waals surface area contributed by atoms with Crippen molar-refractivity contribution in [3.05, 3.63) is 68.2 Å². The number of fused-ring (bicyclic) bond motifs is 1. The lowest BCUT2D eigenvalue weighted by molar-refractivity contribution is -0.137. The van der Waals surface area contributed by atoms with E-state index in [-0.39, 0.29) is 35.4 Å². The van der Waals surface area contributed by atoms with Crippen molar-refractivity contribution in [3.8, 4) is 0 Å². The molecule has 0 amide bonds. The van der Waals surface area contributed by atoms with Crippen molar-refractivity contribution < 1.29 is 22.7 Å². The lowest BCUT2D eigenvalue weighted by atomic mass is 10.0. The first kappa shape index (κ1) is 22.8. The number of aromatic nitrogens is 3. The molecule has 0 saturated heterocycles. The predicted molar refractivity (Wildman–Crippen MR) is 108 cm³/mol. The molecule has 3 rings (SSSR count).